The van der Waals surface area contributed by atoms with Gasteiger partial charge in [-0.1, -0.05) is 60.7 Å². The standard InChI is InChI=1S/C28H29N3O2/c1-20-9-8-14-25(21(20)2)29-15-17-30(18-16-29)28(33)26(22-10-4-3-5-11-22)31-19-23-12-6-7-13-24(23)27(31)32/h3-14,26H,15-19H2,1-2H3/t26-/m1/s1. The first-order chi connectivity index (χ1) is 16.0. The zero-order valence-corrected chi connectivity index (χ0v) is 19.2. The summed E-state index contributed by atoms with van der Waals surface area (Å²) < 4.78 is 0. The Labute approximate surface area is 195 Å². The summed E-state index contributed by atoms with van der Waals surface area (Å²) in [4.78, 5) is 33.1. The number of rotatable bonds is 4. The van der Waals surface area contributed by atoms with Crippen LogP contribution in [-0.4, -0.2) is 47.8 Å². The van der Waals surface area contributed by atoms with Crippen LogP contribution >= 0.6 is 0 Å². The van der Waals surface area contributed by atoms with Crippen molar-refractivity contribution in [3.05, 3.63) is 101 Å². The van der Waals surface area contributed by atoms with Gasteiger partial charge in [0, 0.05) is 44.0 Å². The smallest absolute Gasteiger partial charge is 0.255 e. The van der Waals surface area contributed by atoms with E-state index in [1.807, 2.05) is 59.5 Å². The zero-order valence-electron chi connectivity index (χ0n) is 19.2. The van der Waals surface area contributed by atoms with Crippen molar-refractivity contribution in [1.82, 2.24) is 9.80 Å². The maximum atomic E-state index is 13.9. The maximum absolute atomic E-state index is 13.9. The minimum Gasteiger partial charge on any atom is -0.368 e. The number of carbonyl (C=O) groups is 2. The number of amides is 2. The number of aryl methyl sites for hydroxylation is 1. The molecule has 1 saturated heterocycles. The number of fused-ring (bicyclic) bond motifs is 1. The molecule has 0 N–H and O–H groups in total. The lowest BCUT2D eigenvalue weighted by molar-refractivity contribution is -0.136. The Morgan fingerprint density at radius 3 is 2.24 bits per heavy atom. The first kappa shape index (κ1) is 21.3. The van der Waals surface area contributed by atoms with E-state index in [4.69, 9.17) is 0 Å². The van der Waals surface area contributed by atoms with Gasteiger partial charge in [-0.05, 0) is 48.2 Å². The highest BCUT2D eigenvalue weighted by atomic mass is 16.2. The highest BCUT2D eigenvalue weighted by Crippen LogP contribution is 2.33. The minimum atomic E-state index is -0.613. The molecule has 0 aliphatic carbocycles. The summed E-state index contributed by atoms with van der Waals surface area (Å²) >= 11 is 0. The van der Waals surface area contributed by atoms with E-state index in [9.17, 15) is 9.59 Å². The molecule has 2 heterocycles. The molecule has 0 unspecified atom stereocenters. The monoisotopic (exact) mass is 439 g/mol. The lowest BCUT2D eigenvalue weighted by atomic mass is 10.0. The topological polar surface area (TPSA) is 43.9 Å². The van der Waals surface area contributed by atoms with Crippen molar-refractivity contribution in [2.45, 2.75) is 26.4 Å². The van der Waals surface area contributed by atoms with Gasteiger partial charge in [-0.3, -0.25) is 9.59 Å². The molecule has 0 aromatic heterocycles. The highest BCUT2D eigenvalue weighted by molar-refractivity contribution is 6.01. The summed E-state index contributed by atoms with van der Waals surface area (Å²) in [5, 5.41) is 0. The number of anilines is 1. The van der Waals surface area contributed by atoms with Crippen molar-refractivity contribution >= 4 is 17.5 Å². The van der Waals surface area contributed by atoms with Crippen molar-refractivity contribution < 1.29 is 9.59 Å². The third kappa shape index (κ3) is 3.88. The van der Waals surface area contributed by atoms with E-state index < -0.39 is 6.04 Å². The van der Waals surface area contributed by atoms with Gasteiger partial charge in [0.15, 0.2) is 0 Å². The first-order valence-corrected chi connectivity index (χ1v) is 11.6. The lowest BCUT2D eigenvalue weighted by Gasteiger charge is -2.39. The van der Waals surface area contributed by atoms with Crippen LogP contribution in [-0.2, 0) is 11.3 Å². The van der Waals surface area contributed by atoms with E-state index in [-0.39, 0.29) is 11.8 Å². The Morgan fingerprint density at radius 1 is 0.818 bits per heavy atom. The molecule has 5 nitrogen and oxygen atoms in total. The molecule has 33 heavy (non-hydrogen) atoms. The number of hydrogen-bond acceptors (Lipinski definition) is 3. The molecule has 1 atom stereocenters. The highest BCUT2D eigenvalue weighted by Gasteiger charge is 2.39. The lowest BCUT2D eigenvalue weighted by Crippen LogP contribution is -2.52. The van der Waals surface area contributed by atoms with Gasteiger partial charge >= 0.3 is 0 Å². The van der Waals surface area contributed by atoms with Crippen molar-refractivity contribution in [2.75, 3.05) is 31.1 Å². The third-order valence-electron chi connectivity index (χ3n) is 7.02. The molecule has 5 heteroatoms. The van der Waals surface area contributed by atoms with Crippen LogP contribution in [0.2, 0.25) is 0 Å². The van der Waals surface area contributed by atoms with Gasteiger partial charge in [0.25, 0.3) is 5.91 Å². The van der Waals surface area contributed by atoms with Crippen LogP contribution < -0.4 is 4.90 Å². The van der Waals surface area contributed by atoms with Gasteiger partial charge in [-0.2, -0.15) is 0 Å². The van der Waals surface area contributed by atoms with Gasteiger partial charge in [0.05, 0.1) is 0 Å². The normalized spacial score (nSPS) is 16.7. The summed E-state index contributed by atoms with van der Waals surface area (Å²) in [6.45, 7) is 7.60. The quantitative estimate of drug-likeness (QED) is 0.607. The molecule has 0 saturated carbocycles. The van der Waals surface area contributed by atoms with Gasteiger partial charge in [0.2, 0.25) is 5.91 Å². The number of nitrogens with zero attached hydrogens (tertiary/aromatic N) is 3. The van der Waals surface area contributed by atoms with E-state index in [2.05, 4.69) is 36.9 Å². The summed E-state index contributed by atoms with van der Waals surface area (Å²) in [6.07, 6.45) is 0. The van der Waals surface area contributed by atoms with E-state index in [0.29, 0.717) is 25.2 Å². The second-order valence-electron chi connectivity index (χ2n) is 8.93. The summed E-state index contributed by atoms with van der Waals surface area (Å²) in [6, 6.07) is 23.1. The molecule has 0 bridgehead atoms. The SMILES string of the molecule is Cc1cccc(N2CCN(C(=O)[C@@H](c3ccccc3)N3Cc4ccccc4C3=O)CC2)c1C. The molecule has 0 radical (unpaired) electrons. The Bertz CT molecular complexity index is 1180. The third-order valence-corrected chi connectivity index (χ3v) is 7.02. The van der Waals surface area contributed by atoms with Crippen LogP contribution in [0.15, 0.2) is 72.8 Å². The predicted octanol–water partition coefficient (Wildman–Crippen LogP) is 4.35. The first-order valence-electron chi connectivity index (χ1n) is 11.6. The minimum absolute atomic E-state index is 0.00275. The number of carbonyl (C=O) groups excluding carboxylic acids is 2. The average molecular weight is 440 g/mol. The molecule has 1 fully saturated rings. The van der Waals surface area contributed by atoms with Crippen LogP contribution in [0.25, 0.3) is 0 Å². The zero-order chi connectivity index (χ0) is 22.9. The van der Waals surface area contributed by atoms with Gasteiger partial charge in [-0.25, -0.2) is 0 Å². The van der Waals surface area contributed by atoms with Gasteiger partial charge in [0.1, 0.15) is 6.04 Å². The van der Waals surface area contributed by atoms with Gasteiger partial charge < -0.3 is 14.7 Å². The Morgan fingerprint density at radius 2 is 1.52 bits per heavy atom. The summed E-state index contributed by atoms with van der Waals surface area (Å²) in [7, 11) is 0. The molecule has 2 aliphatic heterocycles. The van der Waals surface area contributed by atoms with Crippen LogP contribution in [0.3, 0.4) is 0 Å². The van der Waals surface area contributed by atoms with E-state index in [1.165, 1.54) is 16.8 Å². The molecule has 3 aromatic rings. The number of benzene rings is 3. The Hall–Kier alpha value is -3.60. The molecular weight excluding hydrogens is 410 g/mol. The maximum Gasteiger partial charge on any atom is 0.255 e. The van der Waals surface area contributed by atoms with Crippen molar-refractivity contribution in [3.63, 3.8) is 0 Å². The average Bonchev–Trinajstić information content (AvgIpc) is 3.18. The van der Waals surface area contributed by atoms with Crippen LogP contribution in [0.5, 0.6) is 0 Å². The van der Waals surface area contributed by atoms with Crippen molar-refractivity contribution in [3.8, 4) is 0 Å². The van der Waals surface area contributed by atoms with Crippen LogP contribution in [0, 0.1) is 13.8 Å². The fraction of sp³-hybridized carbons (Fsp3) is 0.286. The Kier molecular flexibility index (Phi) is 5.63. The van der Waals surface area contributed by atoms with Crippen molar-refractivity contribution in [1.29, 1.82) is 0 Å². The Balaban J connectivity index is 1.38. The second-order valence-corrected chi connectivity index (χ2v) is 8.93. The molecule has 5 rings (SSSR count). The largest absolute Gasteiger partial charge is 0.368 e. The molecule has 0 spiro atoms. The molecular formula is C28H29N3O2. The van der Waals surface area contributed by atoms with Gasteiger partial charge in [-0.15, -0.1) is 0 Å². The fourth-order valence-electron chi connectivity index (χ4n) is 5.00. The van der Waals surface area contributed by atoms with E-state index in [0.717, 1.165) is 24.2 Å². The van der Waals surface area contributed by atoms with E-state index in [1.54, 1.807) is 4.90 Å². The van der Waals surface area contributed by atoms with E-state index >= 15 is 0 Å². The molecule has 2 amide bonds. The summed E-state index contributed by atoms with van der Waals surface area (Å²) in [5.41, 5.74) is 6.36. The van der Waals surface area contributed by atoms with Crippen LogP contribution in [0.4, 0.5) is 5.69 Å². The van der Waals surface area contributed by atoms with Crippen molar-refractivity contribution in [2.24, 2.45) is 0 Å². The molecule has 2 aliphatic rings. The number of piperazine rings is 1. The van der Waals surface area contributed by atoms with Crippen LogP contribution in [0.1, 0.15) is 38.7 Å². The predicted molar refractivity (Wildman–Crippen MR) is 130 cm³/mol. The molecule has 3 aromatic carbocycles. The molecule has 168 valence electrons. The fourth-order valence-corrected chi connectivity index (χ4v) is 5.00. The number of hydrogen-bond donors (Lipinski definition) is 0. The second kappa shape index (κ2) is 8.74. The summed E-state index contributed by atoms with van der Waals surface area (Å²) in [5.74, 6) is -0.0650.